The average Bonchev–Trinajstić information content (AvgIpc) is 3.38. The number of carbonyl (C=O) groups excluding carboxylic acids is 1. The van der Waals surface area contributed by atoms with Crippen molar-refractivity contribution in [3.8, 4) is 11.5 Å². The molecular weight excluding hydrogens is 342 g/mol. The minimum Gasteiger partial charge on any atom is -0.486 e. The molecule has 144 valence electrons. The van der Waals surface area contributed by atoms with Crippen molar-refractivity contribution in [1.29, 1.82) is 0 Å². The van der Waals surface area contributed by atoms with Crippen LogP contribution in [0.15, 0.2) is 24.4 Å². The fraction of sp³-hybridized carbons (Fsp3) is 0.524. The van der Waals surface area contributed by atoms with Gasteiger partial charge in [-0.05, 0) is 36.5 Å². The first-order valence-corrected chi connectivity index (χ1v) is 9.57. The quantitative estimate of drug-likeness (QED) is 0.897. The molecule has 1 N–H and O–H groups in total. The fourth-order valence-corrected chi connectivity index (χ4v) is 3.58. The van der Waals surface area contributed by atoms with E-state index in [0.717, 1.165) is 35.6 Å². The lowest BCUT2D eigenvalue weighted by Crippen LogP contribution is -2.31. The molecule has 0 bridgehead atoms. The monoisotopic (exact) mass is 369 g/mol. The molecule has 27 heavy (non-hydrogen) atoms. The van der Waals surface area contributed by atoms with Crippen molar-refractivity contribution < 1.29 is 14.3 Å². The molecule has 2 aromatic rings. The van der Waals surface area contributed by atoms with Gasteiger partial charge in [0.2, 0.25) is 0 Å². The highest BCUT2D eigenvalue weighted by Gasteiger charge is 2.35. The standard InChI is InChI=1S/C21H27N3O3/c1-21(2,3)19-15(12-24(4)23-19)20(25)22-18(13-5-6-13)14-7-8-16-17(11-14)27-10-9-26-16/h7-8,11-13,18H,5-6,9-10H2,1-4H3,(H,22,25). The van der Waals surface area contributed by atoms with E-state index in [4.69, 9.17) is 9.47 Å². The average molecular weight is 369 g/mol. The van der Waals surface area contributed by atoms with Crippen LogP contribution in [0.4, 0.5) is 0 Å². The summed E-state index contributed by atoms with van der Waals surface area (Å²) in [5.41, 5.74) is 2.34. The second kappa shape index (κ2) is 6.59. The van der Waals surface area contributed by atoms with Crippen LogP contribution < -0.4 is 14.8 Å². The summed E-state index contributed by atoms with van der Waals surface area (Å²) in [6, 6.07) is 5.95. The summed E-state index contributed by atoms with van der Waals surface area (Å²) >= 11 is 0. The van der Waals surface area contributed by atoms with E-state index >= 15 is 0 Å². The van der Waals surface area contributed by atoms with Crippen molar-refractivity contribution in [2.75, 3.05) is 13.2 Å². The molecule has 0 saturated heterocycles. The summed E-state index contributed by atoms with van der Waals surface area (Å²) < 4.78 is 13.1. The highest BCUT2D eigenvalue weighted by molar-refractivity contribution is 5.95. The first-order chi connectivity index (χ1) is 12.8. The van der Waals surface area contributed by atoms with Gasteiger partial charge in [0.05, 0.1) is 17.3 Å². The Kier molecular flexibility index (Phi) is 4.36. The minimum absolute atomic E-state index is 0.0265. The van der Waals surface area contributed by atoms with Gasteiger partial charge in [-0.15, -0.1) is 0 Å². The first kappa shape index (κ1) is 17.9. The van der Waals surface area contributed by atoms with Crippen LogP contribution in [0.25, 0.3) is 0 Å². The van der Waals surface area contributed by atoms with E-state index in [1.807, 2.05) is 31.4 Å². The Labute approximate surface area is 159 Å². The van der Waals surface area contributed by atoms with Gasteiger partial charge in [-0.25, -0.2) is 0 Å². The summed E-state index contributed by atoms with van der Waals surface area (Å²) in [6.45, 7) is 7.36. The number of ether oxygens (including phenoxy) is 2. The maximum atomic E-state index is 13.1. The second-order valence-corrected chi connectivity index (χ2v) is 8.51. The number of aryl methyl sites for hydroxylation is 1. The number of fused-ring (bicyclic) bond motifs is 1. The first-order valence-electron chi connectivity index (χ1n) is 9.57. The van der Waals surface area contributed by atoms with E-state index < -0.39 is 0 Å². The summed E-state index contributed by atoms with van der Waals surface area (Å²) in [6.07, 6.45) is 4.06. The largest absolute Gasteiger partial charge is 0.486 e. The molecule has 6 nitrogen and oxygen atoms in total. The molecule has 1 amide bonds. The van der Waals surface area contributed by atoms with Gasteiger partial charge < -0.3 is 14.8 Å². The molecule has 1 aliphatic heterocycles. The van der Waals surface area contributed by atoms with Crippen LogP contribution in [-0.4, -0.2) is 28.9 Å². The van der Waals surface area contributed by atoms with Gasteiger partial charge in [0.1, 0.15) is 13.2 Å². The molecule has 1 atom stereocenters. The van der Waals surface area contributed by atoms with Crippen LogP contribution in [0.5, 0.6) is 11.5 Å². The van der Waals surface area contributed by atoms with Crippen LogP contribution in [-0.2, 0) is 12.5 Å². The normalized spacial score (nSPS) is 17.5. The molecule has 0 radical (unpaired) electrons. The molecule has 1 fully saturated rings. The van der Waals surface area contributed by atoms with Crippen molar-refractivity contribution in [1.82, 2.24) is 15.1 Å². The smallest absolute Gasteiger partial charge is 0.255 e. The SMILES string of the molecule is Cn1cc(C(=O)NC(c2ccc3c(c2)OCCO3)C2CC2)c(C(C)(C)C)n1. The van der Waals surface area contributed by atoms with E-state index in [9.17, 15) is 4.79 Å². The Balaban J connectivity index is 1.61. The third kappa shape index (κ3) is 3.66. The van der Waals surface area contributed by atoms with Gasteiger partial charge in [-0.1, -0.05) is 26.8 Å². The Morgan fingerprint density at radius 3 is 2.59 bits per heavy atom. The van der Waals surface area contributed by atoms with Crippen LogP contribution in [0, 0.1) is 5.92 Å². The van der Waals surface area contributed by atoms with E-state index in [0.29, 0.717) is 24.7 Å². The van der Waals surface area contributed by atoms with Gasteiger partial charge >= 0.3 is 0 Å². The van der Waals surface area contributed by atoms with Crippen LogP contribution >= 0.6 is 0 Å². The van der Waals surface area contributed by atoms with E-state index in [-0.39, 0.29) is 17.4 Å². The Hall–Kier alpha value is -2.50. The summed E-state index contributed by atoms with van der Waals surface area (Å²) in [5.74, 6) is 1.93. The molecular formula is C21H27N3O3. The lowest BCUT2D eigenvalue weighted by Gasteiger charge is -2.23. The zero-order valence-corrected chi connectivity index (χ0v) is 16.4. The topological polar surface area (TPSA) is 65.4 Å². The molecule has 2 heterocycles. The third-order valence-corrected chi connectivity index (χ3v) is 5.09. The molecule has 0 spiro atoms. The van der Waals surface area contributed by atoms with Crippen LogP contribution in [0.3, 0.4) is 0 Å². The number of hydrogen-bond donors (Lipinski definition) is 1. The minimum atomic E-state index is -0.194. The van der Waals surface area contributed by atoms with Gasteiger partial charge in [0, 0.05) is 18.7 Å². The number of nitrogens with one attached hydrogen (secondary N) is 1. The number of hydrogen-bond acceptors (Lipinski definition) is 4. The molecule has 1 saturated carbocycles. The molecule has 1 aromatic heterocycles. The van der Waals surface area contributed by atoms with E-state index in [2.05, 4.69) is 31.2 Å². The summed E-state index contributed by atoms with van der Waals surface area (Å²) in [7, 11) is 1.85. The molecule has 1 unspecified atom stereocenters. The lowest BCUT2D eigenvalue weighted by molar-refractivity contribution is 0.0929. The van der Waals surface area contributed by atoms with Gasteiger partial charge in [-0.3, -0.25) is 9.48 Å². The predicted molar refractivity (Wildman–Crippen MR) is 102 cm³/mol. The van der Waals surface area contributed by atoms with Crippen molar-refractivity contribution in [2.24, 2.45) is 13.0 Å². The molecule has 1 aromatic carbocycles. The Morgan fingerprint density at radius 1 is 1.22 bits per heavy atom. The van der Waals surface area contributed by atoms with Crippen molar-refractivity contribution in [2.45, 2.75) is 45.1 Å². The highest BCUT2D eigenvalue weighted by atomic mass is 16.6. The Morgan fingerprint density at radius 2 is 1.93 bits per heavy atom. The summed E-state index contributed by atoms with van der Waals surface area (Å²) in [4.78, 5) is 13.1. The maximum absolute atomic E-state index is 13.1. The van der Waals surface area contributed by atoms with Gasteiger partial charge in [-0.2, -0.15) is 5.10 Å². The summed E-state index contributed by atoms with van der Waals surface area (Å²) in [5, 5.41) is 7.78. The zero-order chi connectivity index (χ0) is 19.2. The van der Waals surface area contributed by atoms with E-state index in [1.165, 1.54) is 0 Å². The van der Waals surface area contributed by atoms with Crippen molar-refractivity contribution in [3.05, 3.63) is 41.2 Å². The van der Waals surface area contributed by atoms with Gasteiger partial charge in [0.25, 0.3) is 5.91 Å². The lowest BCUT2D eigenvalue weighted by atomic mass is 9.89. The third-order valence-electron chi connectivity index (χ3n) is 5.09. The van der Waals surface area contributed by atoms with E-state index in [1.54, 1.807) is 4.68 Å². The molecule has 6 heteroatoms. The fourth-order valence-electron chi connectivity index (χ4n) is 3.58. The predicted octanol–water partition coefficient (Wildman–Crippen LogP) is 3.37. The molecule has 4 rings (SSSR count). The number of benzene rings is 1. The van der Waals surface area contributed by atoms with Crippen LogP contribution in [0.2, 0.25) is 0 Å². The molecule has 1 aliphatic carbocycles. The van der Waals surface area contributed by atoms with Crippen molar-refractivity contribution >= 4 is 5.91 Å². The second-order valence-electron chi connectivity index (χ2n) is 8.51. The molecule has 2 aliphatic rings. The Bertz CT molecular complexity index is 862. The zero-order valence-electron chi connectivity index (χ0n) is 16.4. The number of amides is 1. The number of rotatable bonds is 4. The number of carbonyl (C=O) groups is 1. The number of nitrogens with zero attached hydrogens (tertiary/aromatic N) is 2. The number of aromatic nitrogens is 2. The van der Waals surface area contributed by atoms with Crippen molar-refractivity contribution in [3.63, 3.8) is 0 Å². The highest BCUT2D eigenvalue weighted by Crippen LogP contribution is 2.43. The maximum Gasteiger partial charge on any atom is 0.255 e. The van der Waals surface area contributed by atoms with Gasteiger partial charge in [0.15, 0.2) is 11.5 Å². The van der Waals surface area contributed by atoms with Crippen LogP contribution in [0.1, 0.15) is 61.3 Å².